The Morgan fingerprint density at radius 3 is 2.62 bits per heavy atom. The molecule has 3 aliphatic rings. The van der Waals surface area contributed by atoms with Crippen LogP contribution in [-0.4, -0.2) is 91.9 Å². The summed E-state index contributed by atoms with van der Waals surface area (Å²) in [6, 6.07) is 0.0932. The highest BCUT2D eigenvalue weighted by Crippen LogP contribution is 2.19. The number of sulfonamides is 1. The molecular weight excluding hydrogens is 356 g/mol. The van der Waals surface area contributed by atoms with Crippen molar-refractivity contribution in [3.05, 3.63) is 0 Å². The SMILES string of the molecule is O=C(CCCS(=O)(=O)N1CCCC1)N1CCCC(N2CCNCC2=O)C1. The molecule has 0 aromatic rings. The Morgan fingerprint density at radius 1 is 1.12 bits per heavy atom. The van der Waals surface area contributed by atoms with E-state index in [0.29, 0.717) is 45.7 Å². The van der Waals surface area contributed by atoms with Crippen LogP contribution >= 0.6 is 0 Å². The highest BCUT2D eigenvalue weighted by atomic mass is 32.2. The summed E-state index contributed by atoms with van der Waals surface area (Å²) in [4.78, 5) is 28.3. The van der Waals surface area contributed by atoms with E-state index in [0.717, 1.165) is 32.2 Å². The van der Waals surface area contributed by atoms with Crippen molar-refractivity contribution in [2.24, 2.45) is 0 Å². The molecule has 8 nitrogen and oxygen atoms in total. The average Bonchev–Trinajstić information content (AvgIpc) is 3.18. The lowest BCUT2D eigenvalue weighted by atomic mass is 10.0. The first-order valence-corrected chi connectivity index (χ1v) is 11.3. The van der Waals surface area contributed by atoms with Crippen molar-refractivity contribution in [3.8, 4) is 0 Å². The monoisotopic (exact) mass is 386 g/mol. The van der Waals surface area contributed by atoms with Gasteiger partial charge in [0.2, 0.25) is 21.8 Å². The molecule has 3 heterocycles. The van der Waals surface area contributed by atoms with Crippen molar-refractivity contribution in [1.29, 1.82) is 0 Å². The Balaban J connectivity index is 1.46. The summed E-state index contributed by atoms with van der Waals surface area (Å²) >= 11 is 0. The zero-order valence-corrected chi connectivity index (χ0v) is 16.2. The van der Waals surface area contributed by atoms with Crippen LogP contribution in [-0.2, 0) is 19.6 Å². The second-order valence-corrected chi connectivity index (χ2v) is 9.51. The summed E-state index contributed by atoms with van der Waals surface area (Å²) in [5, 5.41) is 3.07. The molecule has 0 saturated carbocycles. The Hall–Kier alpha value is -1.19. The lowest BCUT2D eigenvalue weighted by molar-refractivity contribution is -0.140. The van der Waals surface area contributed by atoms with Crippen molar-refractivity contribution in [2.75, 3.05) is 51.6 Å². The maximum Gasteiger partial charge on any atom is 0.236 e. The fourth-order valence-electron chi connectivity index (χ4n) is 4.10. The first-order valence-electron chi connectivity index (χ1n) is 9.73. The molecule has 1 N–H and O–H groups in total. The first kappa shape index (κ1) is 19.6. The fraction of sp³-hybridized carbons (Fsp3) is 0.882. The van der Waals surface area contributed by atoms with Gasteiger partial charge in [0, 0.05) is 51.7 Å². The van der Waals surface area contributed by atoms with Gasteiger partial charge in [0.25, 0.3) is 0 Å². The van der Waals surface area contributed by atoms with Crippen LogP contribution in [0.1, 0.15) is 38.5 Å². The second-order valence-electron chi connectivity index (χ2n) is 7.43. The Morgan fingerprint density at radius 2 is 1.88 bits per heavy atom. The molecule has 3 saturated heterocycles. The molecule has 2 amide bonds. The molecule has 0 aromatic carbocycles. The summed E-state index contributed by atoms with van der Waals surface area (Å²) in [5.41, 5.74) is 0. The Bertz CT molecular complexity index is 618. The highest BCUT2D eigenvalue weighted by molar-refractivity contribution is 7.89. The molecule has 0 spiro atoms. The van der Waals surface area contributed by atoms with Crippen LogP contribution in [0.3, 0.4) is 0 Å². The van der Waals surface area contributed by atoms with E-state index in [9.17, 15) is 18.0 Å². The molecule has 0 radical (unpaired) electrons. The van der Waals surface area contributed by atoms with Gasteiger partial charge in [-0.05, 0) is 32.1 Å². The van der Waals surface area contributed by atoms with E-state index in [1.54, 1.807) is 4.31 Å². The molecule has 0 bridgehead atoms. The third kappa shape index (κ3) is 4.75. The summed E-state index contributed by atoms with van der Waals surface area (Å²) in [6.07, 6.45) is 4.30. The molecule has 0 aliphatic carbocycles. The summed E-state index contributed by atoms with van der Waals surface area (Å²) in [6.45, 7) is 4.37. The molecule has 3 aliphatic heterocycles. The van der Waals surface area contributed by atoms with Crippen molar-refractivity contribution >= 4 is 21.8 Å². The third-order valence-corrected chi connectivity index (χ3v) is 7.52. The van der Waals surface area contributed by atoms with Gasteiger partial charge in [-0.25, -0.2) is 12.7 Å². The van der Waals surface area contributed by atoms with E-state index < -0.39 is 10.0 Å². The smallest absolute Gasteiger partial charge is 0.236 e. The highest BCUT2D eigenvalue weighted by Gasteiger charge is 2.32. The molecule has 1 unspecified atom stereocenters. The Labute approximate surface area is 155 Å². The standard InChI is InChI=1S/C17H30N4O4S/c22-16(6-4-12-26(24,25)20-9-1-2-10-20)19-8-3-5-15(14-19)21-11-7-18-13-17(21)23/h15,18H,1-14H2. The molecule has 148 valence electrons. The van der Waals surface area contributed by atoms with E-state index in [-0.39, 0.29) is 30.0 Å². The van der Waals surface area contributed by atoms with Crippen LogP contribution in [0, 0.1) is 0 Å². The molecule has 9 heteroatoms. The van der Waals surface area contributed by atoms with Crippen molar-refractivity contribution in [2.45, 2.75) is 44.6 Å². The van der Waals surface area contributed by atoms with E-state index in [4.69, 9.17) is 0 Å². The van der Waals surface area contributed by atoms with Gasteiger partial charge in [-0.15, -0.1) is 0 Å². The van der Waals surface area contributed by atoms with Crippen molar-refractivity contribution in [3.63, 3.8) is 0 Å². The number of rotatable bonds is 6. The number of likely N-dealkylation sites (tertiary alicyclic amines) is 1. The van der Waals surface area contributed by atoms with E-state index in [1.165, 1.54) is 0 Å². The summed E-state index contributed by atoms with van der Waals surface area (Å²) in [7, 11) is -3.22. The maximum absolute atomic E-state index is 12.5. The number of piperazine rings is 1. The quantitative estimate of drug-likeness (QED) is 0.672. The van der Waals surface area contributed by atoms with Gasteiger partial charge in [-0.1, -0.05) is 0 Å². The minimum Gasteiger partial charge on any atom is -0.341 e. The molecule has 3 rings (SSSR count). The number of hydrogen-bond acceptors (Lipinski definition) is 5. The number of hydrogen-bond donors (Lipinski definition) is 1. The van der Waals surface area contributed by atoms with Gasteiger partial charge in [-0.3, -0.25) is 9.59 Å². The minimum absolute atomic E-state index is 0.00825. The van der Waals surface area contributed by atoms with Gasteiger partial charge in [0.15, 0.2) is 0 Å². The van der Waals surface area contributed by atoms with Crippen molar-refractivity contribution in [1.82, 2.24) is 19.4 Å². The number of amides is 2. The predicted molar refractivity (Wildman–Crippen MR) is 98.0 cm³/mol. The van der Waals surface area contributed by atoms with E-state index >= 15 is 0 Å². The summed E-state index contributed by atoms with van der Waals surface area (Å²) in [5.74, 6) is 0.160. The van der Waals surface area contributed by atoms with Gasteiger partial charge in [0.1, 0.15) is 0 Å². The predicted octanol–water partition coefficient (Wildman–Crippen LogP) is -0.385. The van der Waals surface area contributed by atoms with Crippen LogP contribution in [0.5, 0.6) is 0 Å². The number of carbonyl (C=O) groups excluding carboxylic acids is 2. The van der Waals surface area contributed by atoms with Crippen molar-refractivity contribution < 1.29 is 18.0 Å². The largest absolute Gasteiger partial charge is 0.341 e. The molecule has 0 aromatic heterocycles. The fourth-order valence-corrected chi connectivity index (χ4v) is 5.68. The molecular formula is C17H30N4O4S. The second kappa shape index (κ2) is 8.67. The topological polar surface area (TPSA) is 90.0 Å². The zero-order chi connectivity index (χ0) is 18.6. The van der Waals surface area contributed by atoms with Crippen LogP contribution < -0.4 is 5.32 Å². The molecule has 3 fully saturated rings. The molecule has 26 heavy (non-hydrogen) atoms. The number of piperidine rings is 1. The lowest BCUT2D eigenvalue weighted by Gasteiger charge is -2.41. The Kier molecular flexibility index (Phi) is 6.52. The number of nitrogens with zero attached hydrogens (tertiary/aromatic N) is 3. The van der Waals surface area contributed by atoms with Gasteiger partial charge in [-0.2, -0.15) is 0 Å². The minimum atomic E-state index is -3.22. The lowest BCUT2D eigenvalue weighted by Crippen LogP contribution is -2.57. The van der Waals surface area contributed by atoms with Crippen LogP contribution in [0.2, 0.25) is 0 Å². The summed E-state index contributed by atoms with van der Waals surface area (Å²) < 4.78 is 26.0. The third-order valence-electron chi connectivity index (χ3n) is 5.57. The normalized spacial score (nSPS) is 25.7. The van der Waals surface area contributed by atoms with Gasteiger partial charge in [0.05, 0.1) is 12.3 Å². The number of nitrogens with one attached hydrogen (secondary N) is 1. The van der Waals surface area contributed by atoms with Gasteiger partial charge >= 0.3 is 0 Å². The first-order chi connectivity index (χ1) is 12.5. The maximum atomic E-state index is 12.5. The molecule has 1 atom stereocenters. The zero-order valence-electron chi connectivity index (χ0n) is 15.4. The number of carbonyl (C=O) groups is 2. The van der Waals surface area contributed by atoms with E-state index in [2.05, 4.69) is 5.32 Å². The van der Waals surface area contributed by atoms with Crippen LogP contribution in [0.25, 0.3) is 0 Å². The van der Waals surface area contributed by atoms with E-state index in [1.807, 2.05) is 9.80 Å². The van der Waals surface area contributed by atoms with Crippen LogP contribution in [0.4, 0.5) is 0 Å². The van der Waals surface area contributed by atoms with Crippen LogP contribution in [0.15, 0.2) is 0 Å². The van der Waals surface area contributed by atoms with Gasteiger partial charge < -0.3 is 15.1 Å². The average molecular weight is 387 g/mol.